The van der Waals surface area contributed by atoms with Crippen LogP contribution in [0.3, 0.4) is 0 Å². The molecule has 0 aromatic carbocycles. The first-order chi connectivity index (χ1) is 7.00. The van der Waals surface area contributed by atoms with E-state index in [0.29, 0.717) is 6.54 Å². The molecule has 0 bridgehead atoms. The van der Waals surface area contributed by atoms with Crippen LogP contribution in [-0.2, 0) is 14.3 Å². The highest BCUT2D eigenvalue weighted by molar-refractivity contribution is 6.35. The van der Waals surface area contributed by atoms with Crippen LogP contribution in [-0.4, -0.2) is 48.5 Å². The Kier molecular flexibility index (Phi) is 3.48. The van der Waals surface area contributed by atoms with E-state index in [-0.39, 0.29) is 19.2 Å². The van der Waals surface area contributed by atoms with Gasteiger partial charge in [-0.1, -0.05) is 0 Å². The molecule has 0 aromatic heterocycles. The SMILES string of the molecule is C[C@H]1CN(CCOC(N)=O)C(=O)C(=O)N1. The van der Waals surface area contributed by atoms with Crippen LogP contribution in [0.15, 0.2) is 0 Å². The van der Waals surface area contributed by atoms with Gasteiger partial charge in [-0.05, 0) is 6.92 Å². The average molecular weight is 215 g/mol. The summed E-state index contributed by atoms with van der Waals surface area (Å²) in [5.74, 6) is -1.24. The van der Waals surface area contributed by atoms with Crippen LogP contribution < -0.4 is 11.1 Å². The van der Waals surface area contributed by atoms with Crippen molar-refractivity contribution in [2.75, 3.05) is 19.7 Å². The highest BCUT2D eigenvalue weighted by Gasteiger charge is 2.29. The number of carbonyl (C=O) groups is 3. The average Bonchev–Trinajstić information content (AvgIpc) is 2.12. The van der Waals surface area contributed by atoms with Crippen LogP contribution in [0, 0.1) is 0 Å². The van der Waals surface area contributed by atoms with E-state index in [1.807, 2.05) is 0 Å². The van der Waals surface area contributed by atoms with E-state index in [2.05, 4.69) is 10.1 Å². The molecule has 3 amide bonds. The Morgan fingerprint density at radius 1 is 1.67 bits per heavy atom. The number of carbonyl (C=O) groups excluding carboxylic acids is 3. The van der Waals surface area contributed by atoms with E-state index < -0.39 is 17.9 Å². The van der Waals surface area contributed by atoms with Gasteiger partial charge in [0.25, 0.3) is 0 Å². The van der Waals surface area contributed by atoms with Crippen LogP contribution in [0.1, 0.15) is 6.92 Å². The minimum Gasteiger partial charge on any atom is -0.448 e. The van der Waals surface area contributed by atoms with Crippen molar-refractivity contribution in [3.05, 3.63) is 0 Å². The van der Waals surface area contributed by atoms with Crippen molar-refractivity contribution >= 4 is 17.9 Å². The molecule has 0 unspecified atom stereocenters. The molecule has 84 valence electrons. The molecule has 1 saturated heterocycles. The van der Waals surface area contributed by atoms with E-state index in [0.717, 1.165) is 0 Å². The van der Waals surface area contributed by atoms with Gasteiger partial charge in [0.15, 0.2) is 0 Å². The summed E-state index contributed by atoms with van der Waals surface area (Å²) in [6.45, 7) is 2.37. The van der Waals surface area contributed by atoms with Gasteiger partial charge >= 0.3 is 17.9 Å². The van der Waals surface area contributed by atoms with Crippen molar-refractivity contribution in [2.45, 2.75) is 13.0 Å². The fourth-order valence-corrected chi connectivity index (χ4v) is 1.34. The standard InChI is InChI=1S/C8H13N3O4/c1-5-4-11(2-3-15-8(9)14)7(13)6(12)10-5/h5H,2-4H2,1H3,(H2,9,14)(H,10,12)/t5-/m0/s1. The zero-order valence-electron chi connectivity index (χ0n) is 8.36. The Labute approximate surface area is 86.5 Å². The van der Waals surface area contributed by atoms with Crippen LogP contribution >= 0.6 is 0 Å². The third kappa shape index (κ3) is 3.12. The first-order valence-electron chi connectivity index (χ1n) is 4.52. The zero-order chi connectivity index (χ0) is 11.4. The minimum absolute atomic E-state index is 0.00106. The number of nitrogens with two attached hydrogens (primary N) is 1. The number of nitrogens with one attached hydrogen (secondary N) is 1. The summed E-state index contributed by atoms with van der Waals surface area (Å²) in [5, 5.41) is 2.50. The fourth-order valence-electron chi connectivity index (χ4n) is 1.34. The first kappa shape index (κ1) is 11.3. The summed E-state index contributed by atoms with van der Waals surface area (Å²) in [6.07, 6.45) is -0.892. The van der Waals surface area contributed by atoms with Gasteiger partial charge in [0.1, 0.15) is 6.61 Å². The smallest absolute Gasteiger partial charge is 0.404 e. The summed E-state index contributed by atoms with van der Waals surface area (Å²) in [6, 6.07) is -0.0937. The highest BCUT2D eigenvalue weighted by atomic mass is 16.5. The molecule has 0 spiro atoms. The van der Waals surface area contributed by atoms with Crippen molar-refractivity contribution in [3.8, 4) is 0 Å². The third-order valence-electron chi connectivity index (χ3n) is 1.96. The molecule has 0 aromatic rings. The summed E-state index contributed by atoms with van der Waals surface area (Å²) in [4.78, 5) is 34.0. The monoisotopic (exact) mass is 215 g/mol. The van der Waals surface area contributed by atoms with Crippen LogP contribution in [0.5, 0.6) is 0 Å². The maximum atomic E-state index is 11.3. The van der Waals surface area contributed by atoms with Crippen molar-refractivity contribution < 1.29 is 19.1 Å². The lowest BCUT2D eigenvalue weighted by atomic mass is 10.2. The third-order valence-corrected chi connectivity index (χ3v) is 1.96. The Hall–Kier alpha value is -1.79. The first-order valence-corrected chi connectivity index (χ1v) is 4.52. The van der Waals surface area contributed by atoms with Gasteiger partial charge in [0.05, 0.1) is 6.54 Å². The van der Waals surface area contributed by atoms with Gasteiger partial charge in [0.2, 0.25) is 0 Å². The van der Waals surface area contributed by atoms with Gasteiger partial charge in [-0.15, -0.1) is 0 Å². The summed E-state index contributed by atoms with van der Waals surface area (Å²) in [5.41, 5.74) is 4.75. The lowest BCUT2D eigenvalue weighted by molar-refractivity contribution is -0.149. The second-order valence-corrected chi connectivity index (χ2v) is 3.29. The number of rotatable bonds is 3. The van der Waals surface area contributed by atoms with Crippen molar-refractivity contribution in [3.63, 3.8) is 0 Å². The Morgan fingerprint density at radius 3 is 2.93 bits per heavy atom. The van der Waals surface area contributed by atoms with Gasteiger partial charge < -0.3 is 20.7 Å². The van der Waals surface area contributed by atoms with Gasteiger partial charge in [-0.2, -0.15) is 0 Å². The zero-order valence-corrected chi connectivity index (χ0v) is 8.36. The molecule has 1 fully saturated rings. The summed E-state index contributed by atoms with van der Waals surface area (Å²) >= 11 is 0. The number of hydrogen-bond donors (Lipinski definition) is 2. The minimum atomic E-state index is -0.892. The summed E-state index contributed by atoms with van der Waals surface area (Å²) in [7, 11) is 0. The number of piperazine rings is 1. The molecule has 0 radical (unpaired) electrons. The largest absolute Gasteiger partial charge is 0.448 e. The van der Waals surface area contributed by atoms with Crippen molar-refractivity contribution in [2.24, 2.45) is 5.73 Å². The molecule has 1 heterocycles. The maximum Gasteiger partial charge on any atom is 0.404 e. The molecule has 1 atom stereocenters. The predicted octanol–water partition coefficient (Wildman–Crippen LogP) is -1.57. The quantitative estimate of drug-likeness (QED) is 0.555. The van der Waals surface area contributed by atoms with E-state index in [1.54, 1.807) is 6.92 Å². The topological polar surface area (TPSA) is 102 Å². The van der Waals surface area contributed by atoms with Crippen LogP contribution in [0.4, 0.5) is 4.79 Å². The molecule has 1 aliphatic heterocycles. The van der Waals surface area contributed by atoms with Crippen LogP contribution in [0.2, 0.25) is 0 Å². The predicted molar refractivity (Wildman–Crippen MR) is 49.7 cm³/mol. The van der Waals surface area contributed by atoms with Crippen molar-refractivity contribution in [1.82, 2.24) is 10.2 Å². The maximum absolute atomic E-state index is 11.3. The lowest BCUT2D eigenvalue weighted by Crippen LogP contribution is -2.57. The second-order valence-electron chi connectivity index (χ2n) is 3.29. The van der Waals surface area contributed by atoms with Crippen LogP contribution in [0.25, 0.3) is 0 Å². The highest BCUT2D eigenvalue weighted by Crippen LogP contribution is 2.00. The van der Waals surface area contributed by atoms with Gasteiger partial charge in [-0.3, -0.25) is 9.59 Å². The number of amides is 3. The van der Waals surface area contributed by atoms with E-state index in [9.17, 15) is 14.4 Å². The van der Waals surface area contributed by atoms with E-state index in [4.69, 9.17) is 5.73 Å². The molecule has 3 N–H and O–H groups in total. The molecule has 0 saturated carbocycles. The summed E-state index contributed by atoms with van der Waals surface area (Å²) < 4.78 is 4.48. The molecule has 7 heteroatoms. The molecule has 7 nitrogen and oxygen atoms in total. The molecule has 1 aliphatic rings. The van der Waals surface area contributed by atoms with Gasteiger partial charge in [-0.25, -0.2) is 4.79 Å². The van der Waals surface area contributed by atoms with Gasteiger partial charge in [0, 0.05) is 12.6 Å². The number of primary amides is 1. The number of ether oxygens (including phenoxy) is 1. The fraction of sp³-hybridized carbons (Fsp3) is 0.625. The number of nitrogens with zero attached hydrogens (tertiary/aromatic N) is 1. The lowest BCUT2D eigenvalue weighted by Gasteiger charge is -2.30. The van der Waals surface area contributed by atoms with E-state index in [1.165, 1.54) is 4.90 Å². The molecule has 0 aliphatic carbocycles. The van der Waals surface area contributed by atoms with E-state index >= 15 is 0 Å². The molecule has 15 heavy (non-hydrogen) atoms. The Balaban J connectivity index is 2.42. The molecular formula is C8H13N3O4. The Morgan fingerprint density at radius 2 is 2.33 bits per heavy atom. The second kappa shape index (κ2) is 4.63. The Bertz CT molecular complexity index is 292. The molecule has 1 rings (SSSR count). The normalized spacial score (nSPS) is 21.1. The number of hydrogen-bond acceptors (Lipinski definition) is 4. The van der Waals surface area contributed by atoms with Crippen molar-refractivity contribution in [1.29, 1.82) is 0 Å². The molecular weight excluding hydrogens is 202 g/mol.